The smallest absolute Gasteiger partial charge is 0.240 e. The van der Waals surface area contributed by atoms with Gasteiger partial charge in [0.25, 0.3) is 0 Å². The molecular formula is C14H21N3O5S2. The molecule has 8 nitrogen and oxygen atoms in total. The highest BCUT2D eigenvalue weighted by Crippen LogP contribution is 2.24. The van der Waals surface area contributed by atoms with Crippen LogP contribution in [0.1, 0.15) is 13.3 Å². The van der Waals surface area contributed by atoms with E-state index < -0.39 is 20.0 Å². The highest BCUT2D eigenvalue weighted by Gasteiger charge is 2.37. The van der Waals surface area contributed by atoms with Crippen LogP contribution in [0, 0.1) is 0 Å². The first-order valence-corrected chi connectivity index (χ1v) is 10.7. The maximum atomic E-state index is 12.5. The van der Waals surface area contributed by atoms with E-state index in [9.17, 15) is 16.8 Å². The normalized spacial score (nSPS) is 28.7. The summed E-state index contributed by atoms with van der Waals surface area (Å²) in [5.41, 5.74) is 0. The van der Waals surface area contributed by atoms with Crippen LogP contribution in [0.5, 0.6) is 0 Å². The molecule has 0 unspecified atom stereocenters. The zero-order valence-corrected chi connectivity index (χ0v) is 14.9. The van der Waals surface area contributed by atoms with Gasteiger partial charge < -0.3 is 4.74 Å². The summed E-state index contributed by atoms with van der Waals surface area (Å²) in [6, 6.07) is 4.92. The summed E-state index contributed by atoms with van der Waals surface area (Å²) >= 11 is 0. The van der Waals surface area contributed by atoms with Crippen LogP contribution >= 0.6 is 0 Å². The molecule has 3 N–H and O–H groups in total. The standard InChI is InChI=1S/C14H21N3O5S2/c1-10-7-17-8-11(6-12(17)9-22-10)16-24(20,21)14-4-2-13(3-5-14)23(15,18)19/h2-5,10-12,16H,6-9H2,1H3,(H2,15,18,19)/t10-,11+,12-/m0/s1. The van der Waals surface area contributed by atoms with Gasteiger partial charge >= 0.3 is 0 Å². The predicted molar refractivity (Wildman–Crippen MR) is 87.3 cm³/mol. The number of sulfonamides is 2. The Kier molecular flexibility index (Phi) is 4.71. The molecule has 2 aliphatic heterocycles. The van der Waals surface area contributed by atoms with E-state index in [0.29, 0.717) is 19.6 Å². The molecular weight excluding hydrogens is 354 g/mol. The molecule has 2 aliphatic rings. The number of nitrogens with zero attached hydrogens (tertiary/aromatic N) is 1. The number of nitrogens with two attached hydrogens (primary N) is 1. The Labute approximate surface area is 142 Å². The van der Waals surface area contributed by atoms with E-state index in [1.165, 1.54) is 24.3 Å². The molecule has 2 heterocycles. The fraction of sp³-hybridized carbons (Fsp3) is 0.571. The number of fused-ring (bicyclic) bond motifs is 1. The molecule has 0 amide bonds. The van der Waals surface area contributed by atoms with Crippen LogP contribution in [0.25, 0.3) is 0 Å². The lowest BCUT2D eigenvalue weighted by Crippen LogP contribution is -2.45. The second-order valence-corrected chi connectivity index (χ2v) is 9.60. The van der Waals surface area contributed by atoms with Gasteiger partial charge in [-0.1, -0.05) is 0 Å². The van der Waals surface area contributed by atoms with Crippen LogP contribution in [0.4, 0.5) is 0 Å². The fourth-order valence-electron chi connectivity index (χ4n) is 3.22. The summed E-state index contributed by atoms with van der Waals surface area (Å²) in [5, 5.41) is 5.02. The van der Waals surface area contributed by atoms with Crippen LogP contribution < -0.4 is 9.86 Å². The van der Waals surface area contributed by atoms with Crippen molar-refractivity contribution in [2.24, 2.45) is 5.14 Å². The van der Waals surface area contributed by atoms with Crippen molar-refractivity contribution in [3.63, 3.8) is 0 Å². The van der Waals surface area contributed by atoms with Gasteiger partial charge in [0.05, 0.1) is 22.5 Å². The Morgan fingerprint density at radius 2 is 1.75 bits per heavy atom. The lowest BCUT2D eigenvalue weighted by molar-refractivity contribution is -0.0390. The molecule has 2 saturated heterocycles. The minimum absolute atomic E-state index is 0.0180. The Morgan fingerprint density at radius 3 is 2.38 bits per heavy atom. The number of ether oxygens (including phenoxy) is 1. The number of nitrogens with one attached hydrogen (secondary N) is 1. The number of morpholine rings is 1. The number of rotatable bonds is 4. The van der Waals surface area contributed by atoms with Crippen LogP contribution in [0.3, 0.4) is 0 Å². The minimum atomic E-state index is -3.84. The first-order valence-electron chi connectivity index (χ1n) is 7.66. The van der Waals surface area contributed by atoms with Crippen molar-refractivity contribution in [1.82, 2.24) is 9.62 Å². The maximum absolute atomic E-state index is 12.5. The molecule has 2 fully saturated rings. The summed E-state index contributed by atoms with van der Waals surface area (Å²) in [6.45, 7) is 4.06. The Hall–Kier alpha value is -1.04. The third-order valence-corrected chi connectivity index (χ3v) is 6.84. The van der Waals surface area contributed by atoms with E-state index in [4.69, 9.17) is 9.88 Å². The number of hydrogen-bond donors (Lipinski definition) is 2. The van der Waals surface area contributed by atoms with Crippen LogP contribution in [0.2, 0.25) is 0 Å². The lowest BCUT2D eigenvalue weighted by Gasteiger charge is -2.33. The molecule has 10 heteroatoms. The van der Waals surface area contributed by atoms with Crippen molar-refractivity contribution in [3.8, 4) is 0 Å². The van der Waals surface area contributed by atoms with Gasteiger partial charge in [0.1, 0.15) is 0 Å². The van der Waals surface area contributed by atoms with Crippen molar-refractivity contribution in [3.05, 3.63) is 24.3 Å². The summed E-state index contributed by atoms with van der Waals surface area (Å²) in [5.74, 6) is 0. The average molecular weight is 375 g/mol. The molecule has 3 rings (SSSR count). The quantitative estimate of drug-likeness (QED) is 0.730. The average Bonchev–Trinajstić information content (AvgIpc) is 2.87. The zero-order valence-electron chi connectivity index (χ0n) is 13.3. The van der Waals surface area contributed by atoms with E-state index in [0.717, 1.165) is 6.54 Å². The first-order chi connectivity index (χ1) is 11.1. The summed E-state index contributed by atoms with van der Waals surface area (Å²) in [6.07, 6.45) is 0.851. The van der Waals surface area contributed by atoms with Crippen molar-refractivity contribution in [2.75, 3.05) is 19.7 Å². The third-order valence-electron chi connectivity index (χ3n) is 4.38. The van der Waals surface area contributed by atoms with Gasteiger partial charge in [-0.05, 0) is 37.6 Å². The SMILES string of the molecule is C[C@H]1CN2C[C@H](NS(=O)(=O)c3ccc(S(N)(=O)=O)cc3)C[C@H]2CO1. The topological polar surface area (TPSA) is 119 Å². The molecule has 0 bridgehead atoms. The van der Waals surface area contributed by atoms with Crippen molar-refractivity contribution < 1.29 is 21.6 Å². The molecule has 0 aliphatic carbocycles. The second-order valence-electron chi connectivity index (χ2n) is 6.32. The van der Waals surface area contributed by atoms with Gasteiger partial charge in [-0.25, -0.2) is 26.7 Å². The number of benzene rings is 1. The van der Waals surface area contributed by atoms with Crippen LogP contribution in [0.15, 0.2) is 34.1 Å². The van der Waals surface area contributed by atoms with E-state index in [-0.39, 0.29) is 28.0 Å². The zero-order chi connectivity index (χ0) is 17.5. The number of primary sulfonamides is 1. The Balaban J connectivity index is 1.70. The maximum Gasteiger partial charge on any atom is 0.240 e. The molecule has 0 radical (unpaired) electrons. The predicted octanol–water partition coefficient (Wildman–Crippen LogP) is -0.526. The molecule has 1 aromatic rings. The largest absolute Gasteiger partial charge is 0.376 e. The molecule has 0 aromatic heterocycles. The van der Waals surface area contributed by atoms with Gasteiger partial charge in [0, 0.05) is 25.2 Å². The summed E-state index contributed by atoms with van der Waals surface area (Å²) < 4.78 is 55.7. The summed E-state index contributed by atoms with van der Waals surface area (Å²) in [4.78, 5) is 2.14. The molecule has 134 valence electrons. The van der Waals surface area contributed by atoms with Crippen molar-refractivity contribution in [2.45, 2.75) is 41.3 Å². The van der Waals surface area contributed by atoms with Crippen LogP contribution in [-0.4, -0.2) is 59.6 Å². The highest BCUT2D eigenvalue weighted by molar-refractivity contribution is 7.89. The van der Waals surface area contributed by atoms with Crippen LogP contribution in [-0.2, 0) is 24.8 Å². The first kappa shape index (κ1) is 17.8. The monoisotopic (exact) mass is 375 g/mol. The van der Waals surface area contributed by atoms with E-state index in [1.807, 2.05) is 6.92 Å². The molecule has 1 aromatic carbocycles. The van der Waals surface area contributed by atoms with Gasteiger partial charge in [0.2, 0.25) is 20.0 Å². The van der Waals surface area contributed by atoms with Gasteiger partial charge in [-0.2, -0.15) is 0 Å². The second kappa shape index (κ2) is 6.36. The van der Waals surface area contributed by atoms with Crippen molar-refractivity contribution in [1.29, 1.82) is 0 Å². The van der Waals surface area contributed by atoms with Crippen molar-refractivity contribution >= 4 is 20.0 Å². The van der Waals surface area contributed by atoms with E-state index in [2.05, 4.69) is 9.62 Å². The molecule has 0 saturated carbocycles. The minimum Gasteiger partial charge on any atom is -0.376 e. The summed E-state index contributed by atoms with van der Waals surface area (Å²) in [7, 11) is -7.56. The van der Waals surface area contributed by atoms with E-state index in [1.54, 1.807) is 0 Å². The molecule has 3 atom stereocenters. The Morgan fingerprint density at radius 1 is 1.12 bits per heavy atom. The van der Waals surface area contributed by atoms with E-state index >= 15 is 0 Å². The Bertz CT molecular complexity index is 807. The van der Waals surface area contributed by atoms with Gasteiger partial charge in [-0.3, -0.25) is 4.90 Å². The van der Waals surface area contributed by atoms with Gasteiger partial charge in [0.15, 0.2) is 0 Å². The molecule has 0 spiro atoms. The lowest BCUT2D eigenvalue weighted by atomic mass is 10.2. The fourth-order valence-corrected chi connectivity index (χ4v) is 4.98. The third kappa shape index (κ3) is 3.79. The molecule has 24 heavy (non-hydrogen) atoms. The highest BCUT2D eigenvalue weighted by atomic mass is 32.2. The van der Waals surface area contributed by atoms with Gasteiger partial charge in [-0.15, -0.1) is 0 Å². The number of hydrogen-bond acceptors (Lipinski definition) is 6.